The fourth-order valence-electron chi connectivity index (χ4n) is 4.36. The number of anilines is 1. The molecular weight excluding hydrogens is 433 g/mol. The van der Waals surface area contributed by atoms with E-state index in [0.717, 1.165) is 39.4 Å². The van der Waals surface area contributed by atoms with Gasteiger partial charge in [0.05, 0.1) is 22.5 Å². The molecule has 0 bridgehead atoms. The Balaban J connectivity index is 1.30. The van der Waals surface area contributed by atoms with E-state index < -0.39 is 0 Å². The molecule has 0 unspecified atom stereocenters. The molecule has 34 heavy (non-hydrogen) atoms. The molecule has 4 aromatic rings. The molecule has 3 heterocycles. The van der Waals surface area contributed by atoms with Gasteiger partial charge in [-0.3, -0.25) is 0 Å². The number of fused-ring (bicyclic) bond motifs is 1. The molecule has 0 spiro atoms. The number of para-hydroxylation sites is 1. The maximum absolute atomic E-state index is 13.1. The summed E-state index contributed by atoms with van der Waals surface area (Å²) in [4.78, 5) is 16.5. The lowest BCUT2D eigenvalue weighted by Gasteiger charge is -2.35. The lowest BCUT2D eigenvalue weighted by molar-refractivity contribution is 0.194. The van der Waals surface area contributed by atoms with Crippen molar-refractivity contribution in [1.29, 1.82) is 0 Å². The lowest BCUT2D eigenvalue weighted by atomic mass is 10.2. The van der Waals surface area contributed by atoms with Crippen molar-refractivity contribution in [1.82, 2.24) is 30.2 Å². The SMILES string of the molecule is Cc1nnc(N2CCN(C(=O)NCc3ccc(F)cc3)CC2)c2nn(-c3ccccc3)c(C)c12. The van der Waals surface area contributed by atoms with Crippen molar-refractivity contribution < 1.29 is 9.18 Å². The summed E-state index contributed by atoms with van der Waals surface area (Å²) in [6.45, 7) is 6.74. The normalized spacial score (nSPS) is 14.0. The van der Waals surface area contributed by atoms with Gasteiger partial charge in [-0.2, -0.15) is 10.2 Å². The molecule has 8 nitrogen and oxygen atoms in total. The molecule has 1 N–H and O–H groups in total. The number of carbonyl (C=O) groups excluding carboxylic acids is 1. The zero-order chi connectivity index (χ0) is 23.7. The highest BCUT2D eigenvalue weighted by Crippen LogP contribution is 2.29. The van der Waals surface area contributed by atoms with E-state index in [4.69, 9.17) is 5.10 Å². The number of benzene rings is 2. The Hall–Kier alpha value is -4.01. The zero-order valence-electron chi connectivity index (χ0n) is 19.2. The lowest BCUT2D eigenvalue weighted by Crippen LogP contribution is -2.52. The van der Waals surface area contributed by atoms with Gasteiger partial charge in [-0.1, -0.05) is 30.3 Å². The third kappa shape index (κ3) is 4.16. The van der Waals surface area contributed by atoms with Crippen molar-refractivity contribution in [2.24, 2.45) is 0 Å². The molecule has 1 fully saturated rings. The van der Waals surface area contributed by atoms with Crippen LogP contribution in [0.15, 0.2) is 54.6 Å². The number of piperazine rings is 1. The van der Waals surface area contributed by atoms with Crippen LogP contribution >= 0.6 is 0 Å². The topological polar surface area (TPSA) is 79.2 Å². The maximum atomic E-state index is 13.1. The van der Waals surface area contributed by atoms with Gasteiger partial charge in [0.1, 0.15) is 11.3 Å². The first-order valence-corrected chi connectivity index (χ1v) is 11.3. The Morgan fingerprint density at radius 1 is 0.971 bits per heavy atom. The predicted molar refractivity (Wildman–Crippen MR) is 129 cm³/mol. The van der Waals surface area contributed by atoms with Gasteiger partial charge in [-0.05, 0) is 43.7 Å². The molecular formula is C25H26FN7O. The number of aromatic nitrogens is 4. The highest BCUT2D eigenvalue weighted by Gasteiger charge is 2.26. The van der Waals surface area contributed by atoms with E-state index in [1.54, 1.807) is 17.0 Å². The number of halogens is 1. The first-order valence-electron chi connectivity index (χ1n) is 11.3. The van der Waals surface area contributed by atoms with Crippen LogP contribution in [0.2, 0.25) is 0 Å². The number of amides is 2. The third-order valence-corrected chi connectivity index (χ3v) is 6.21. The Labute approximate surface area is 197 Å². The van der Waals surface area contributed by atoms with E-state index in [9.17, 15) is 9.18 Å². The van der Waals surface area contributed by atoms with Crippen LogP contribution in [0, 0.1) is 19.7 Å². The second-order valence-corrected chi connectivity index (χ2v) is 8.42. The monoisotopic (exact) mass is 459 g/mol. The van der Waals surface area contributed by atoms with Crippen molar-refractivity contribution in [3.63, 3.8) is 0 Å². The standard InChI is InChI=1S/C25H26FN7O/c1-17-22-18(2)33(21-6-4-3-5-7-21)30-23(22)24(29-28-17)31-12-14-32(15-13-31)25(34)27-16-19-8-10-20(26)11-9-19/h3-11H,12-16H2,1-2H3,(H,27,34). The fourth-order valence-corrected chi connectivity index (χ4v) is 4.36. The van der Waals surface area contributed by atoms with Gasteiger partial charge < -0.3 is 15.1 Å². The summed E-state index contributed by atoms with van der Waals surface area (Å²) < 4.78 is 15.0. The number of urea groups is 1. The third-order valence-electron chi connectivity index (χ3n) is 6.21. The summed E-state index contributed by atoms with van der Waals surface area (Å²) in [5.41, 5.74) is 4.54. The van der Waals surface area contributed by atoms with E-state index in [1.165, 1.54) is 12.1 Å². The van der Waals surface area contributed by atoms with E-state index in [-0.39, 0.29) is 11.8 Å². The zero-order valence-corrected chi connectivity index (χ0v) is 19.2. The van der Waals surface area contributed by atoms with Crippen LogP contribution in [-0.4, -0.2) is 57.1 Å². The average Bonchev–Trinajstić information content (AvgIpc) is 3.22. The molecule has 2 amide bonds. The molecule has 1 saturated heterocycles. The Morgan fingerprint density at radius 3 is 2.38 bits per heavy atom. The molecule has 0 saturated carbocycles. The van der Waals surface area contributed by atoms with Crippen molar-refractivity contribution >= 4 is 22.8 Å². The van der Waals surface area contributed by atoms with Gasteiger partial charge in [0.25, 0.3) is 0 Å². The first-order chi connectivity index (χ1) is 16.5. The molecule has 174 valence electrons. The van der Waals surface area contributed by atoms with Crippen LogP contribution in [0.1, 0.15) is 17.0 Å². The van der Waals surface area contributed by atoms with Crippen LogP contribution in [0.4, 0.5) is 15.0 Å². The van der Waals surface area contributed by atoms with Crippen LogP contribution < -0.4 is 10.2 Å². The number of rotatable bonds is 4. The largest absolute Gasteiger partial charge is 0.350 e. The second-order valence-electron chi connectivity index (χ2n) is 8.42. The van der Waals surface area contributed by atoms with Crippen molar-refractivity contribution in [3.05, 3.63) is 77.4 Å². The summed E-state index contributed by atoms with van der Waals surface area (Å²) in [6.07, 6.45) is 0. The average molecular weight is 460 g/mol. The number of nitrogens with one attached hydrogen (secondary N) is 1. The number of carbonyl (C=O) groups is 1. The maximum Gasteiger partial charge on any atom is 0.317 e. The quantitative estimate of drug-likeness (QED) is 0.505. The Morgan fingerprint density at radius 2 is 1.68 bits per heavy atom. The minimum absolute atomic E-state index is 0.131. The molecule has 0 atom stereocenters. The highest BCUT2D eigenvalue weighted by molar-refractivity contribution is 5.92. The van der Waals surface area contributed by atoms with Crippen LogP contribution in [0.25, 0.3) is 16.6 Å². The van der Waals surface area contributed by atoms with Crippen LogP contribution in [0.3, 0.4) is 0 Å². The van der Waals surface area contributed by atoms with Crippen LogP contribution in [-0.2, 0) is 6.54 Å². The van der Waals surface area contributed by atoms with E-state index in [2.05, 4.69) is 20.4 Å². The second kappa shape index (κ2) is 9.09. The van der Waals surface area contributed by atoms with Gasteiger partial charge in [0.2, 0.25) is 0 Å². The van der Waals surface area contributed by atoms with Gasteiger partial charge in [-0.25, -0.2) is 13.9 Å². The van der Waals surface area contributed by atoms with Crippen molar-refractivity contribution in [2.75, 3.05) is 31.1 Å². The van der Waals surface area contributed by atoms with Crippen LogP contribution in [0.5, 0.6) is 0 Å². The number of hydrogen-bond donors (Lipinski definition) is 1. The molecule has 1 aliphatic heterocycles. The first kappa shape index (κ1) is 21.8. The minimum Gasteiger partial charge on any atom is -0.350 e. The summed E-state index contributed by atoms with van der Waals surface area (Å²) in [6, 6.07) is 16.0. The molecule has 5 rings (SSSR count). The predicted octanol–water partition coefficient (Wildman–Crippen LogP) is 3.60. The molecule has 0 aliphatic carbocycles. The molecule has 2 aromatic heterocycles. The molecule has 1 aliphatic rings. The van der Waals surface area contributed by atoms with Gasteiger partial charge in [0, 0.05) is 32.7 Å². The number of hydrogen-bond acceptors (Lipinski definition) is 5. The number of nitrogens with zero attached hydrogens (tertiary/aromatic N) is 6. The van der Waals surface area contributed by atoms with E-state index in [0.29, 0.717) is 32.7 Å². The summed E-state index contributed by atoms with van der Waals surface area (Å²) in [5.74, 6) is 0.452. The van der Waals surface area contributed by atoms with Gasteiger partial charge in [-0.15, -0.1) is 5.10 Å². The van der Waals surface area contributed by atoms with Crippen molar-refractivity contribution in [2.45, 2.75) is 20.4 Å². The minimum atomic E-state index is -0.289. The van der Waals surface area contributed by atoms with Crippen molar-refractivity contribution in [3.8, 4) is 5.69 Å². The number of aryl methyl sites for hydroxylation is 2. The summed E-state index contributed by atoms with van der Waals surface area (Å²) >= 11 is 0. The fraction of sp³-hybridized carbons (Fsp3) is 0.280. The van der Waals surface area contributed by atoms with Gasteiger partial charge in [0.15, 0.2) is 5.82 Å². The van der Waals surface area contributed by atoms with E-state index >= 15 is 0 Å². The Bertz CT molecular complexity index is 1310. The summed E-state index contributed by atoms with van der Waals surface area (Å²) in [5, 5.41) is 17.7. The smallest absolute Gasteiger partial charge is 0.317 e. The Kier molecular flexibility index (Phi) is 5.83. The highest BCUT2D eigenvalue weighted by atomic mass is 19.1. The molecule has 2 aromatic carbocycles. The summed E-state index contributed by atoms with van der Waals surface area (Å²) in [7, 11) is 0. The molecule has 9 heteroatoms. The molecule has 0 radical (unpaired) electrons. The van der Waals surface area contributed by atoms with Gasteiger partial charge >= 0.3 is 6.03 Å². The van der Waals surface area contributed by atoms with E-state index in [1.807, 2.05) is 48.9 Å².